The van der Waals surface area contributed by atoms with Gasteiger partial charge in [0.1, 0.15) is 0 Å². The number of thiophene rings is 1. The highest BCUT2D eigenvalue weighted by Crippen LogP contribution is 2.19. The summed E-state index contributed by atoms with van der Waals surface area (Å²) in [4.78, 5) is 25.9. The Balaban J connectivity index is 1.38. The van der Waals surface area contributed by atoms with E-state index in [1.165, 1.54) is 11.3 Å². The minimum atomic E-state index is -0.253. The van der Waals surface area contributed by atoms with Crippen molar-refractivity contribution in [2.45, 2.75) is 19.8 Å². The Morgan fingerprint density at radius 2 is 1.45 bits per heavy atom. The quantitative estimate of drug-likeness (QED) is 0.342. The number of amides is 2. The van der Waals surface area contributed by atoms with Crippen LogP contribution >= 0.6 is 11.3 Å². The van der Waals surface area contributed by atoms with Gasteiger partial charge in [0.2, 0.25) is 0 Å². The van der Waals surface area contributed by atoms with E-state index in [-0.39, 0.29) is 11.8 Å². The van der Waals surface area contributed by atoms with Gasteiger partial charge in [0, 0.05) is 6.54 Å². The van der Waals surface area contributed by atoms with Crippen molar-refractivity contribution in [3.8, 4) is 0 Å². The molecule has 0 bridgehead atoms. The molecule has 0 unspecified atom stereocenters. The first-order valence-corrected chi connectivity index (χ1v) is 11.5. The molecular formula is C27H24N2O3S. The number of para-hydroxylation sites is 1. The van der Waals surface area contributed by atoms with Crippen LogP contribution in [-0.2, 0) is 24.5 Å². The zero-order valence-electron chi connectivity index (χ0n) is 18.0. The Labute approximate surface area is 197 Å². The predicted molar refractivity (Wildman–Crippen MR) is 131 cm³/mol. The number of hydrogen-bond acceptors (Lipinski definition) is 4. The normalized spacial score (nSPS) is 10.5. The van der Waals surface area contributed by atoms with Crippen LogP contribution in [0.3, 0.4) is 0 Å². The summed E-state index contributed by atoms with van der Waals surface area (Å²) >= 11 is 1.35. The van der Waals surface area contributed by atoms with Crippen molar-refractivity contribution in [2.75, 3.05) is 5.32 Å². The van der Waals surface area contributed by atoms with E-state index in [2.05, 4.69) is 10.6 Å². The maximum absolute atomic E-state index is 12.9. The summed E-state index contributed by atoms with van der Waals surface area (Å²) in [5.41, 5.74) is 4.02. The van der Waals surface area contributed by atoms with Gasteiger partial charge in [0.25, 0.3) is 11.8 Å². The van der Waals surface area contributed by atoms with Gasteiger partial charge in [-0.05, 0) is 40.3 Å². The number of rotatable bonds is 9. The van der Waals surface area contributed by atoms with Crippen LogP contribution in [0.5, 0.6) is 0 Å². The van der Waals surface area contributed by atoms with Crippen molar-refractivity contribution in [2.24, 2.45) is 0 Å². The maximum atomic E-state index is 12.9. The summed E-state index contributed by atoms with van der Waals surface area (Å²) in [5.74, 6) is -0.483. The molecule has 0 spiro atoms. The fraction of sp³-hybridized carbons (Fsp3) is 0.111. The molecule has 33 heavy (non-hydrogen) atoms. The molecule has 0 atom stereocenters. The molecule has 166 valence electrons. The molecule has 0 saturated carbocycles. The van der Waals surface area contributed by atoms with Crippen molar-refractivity contribution in [1.29, 1.82) is 0 Å². The minimum Gasteiger partial charge on any atom is -0.372 e. The van der Waals surface area contributed by atoms with Crippen molar-refractivity contribution < 1.29 is 14.3 Å². The monoisotopic (exact) mass is 456 g/mol. The van der Waals surface area contributed by atoms with E-state index in [1.54, 1.807) is 30.3 Å². The fourth-order valence-electron chi connectivity index (χ4n) is 3.38. The Bertz CT molecular complexity index is 1210. The highest BCUT2D eigenvalue weighted by Gasteiger charge is 2.15. The summed E-state index contributed by atoms with van der Waals surface area (Å²) < 4.78 is 5.88. The third-order valence-corrected chi connectivity index (χ3v) is 5.96. The zero-order chi connectivity index (χ0) is 22.9. The Morgan fingerprint density at radius 1 is 0.727 bits per heavy atom. The standard InChI is InChI=1S/C27H24N2O3S/c30-26(23-13-6-7-14-24(23)29-27(31)25-15-8-16-33-25)28-17-21-11-4-5-12-22(21)19-32-18-20-9-2-1-3-10-20/h1-16H,17-19H2,(H,28,30)(H,29,31). The topological polar surface area (TPSA) is 67.4 Å². The van der Waals surface area contributed by atoms with Gasteiger partial charge in [-0.1, -0.05) is 72.8 Å². The lowest BCUT2D eigenvalue weighted by molar-refractivity contribution is 0.0948. The summed E-state index contributed by atoms with van der Waals surface area (Å²) in [6.07, 6.45) is 0. The number of anilines is 1. The molecule has 6 heteroatoms. The molecule has 0 saturated heterocycles. The van der Waals surface area contributed by atoms with E-state index in [9.17, 15) is 9.59 Å². The van der Waals surface area contributed by atoms with Crippen LogP contribution < -0.4 is 10.6 Å². The molecule has 0 aliphatic heterocycles. The Kier molecular flexibility index (Phi) is 7.64. The highest BCUT2D eigenvalue weighted by atomic mass is 32.1. The fourth-order valence-corrected chi connectivity index (χ4v) is 4.00. The van der Waals surface area contributed by atoms with Crippen LogP contribution in [0.25, 0.3) is 0 Å². The molecule has 0 radical (unpaired) electrons. The lowest BCUT2D eigenvalue weighted by Gasteiger charge is -2.13. The highest BCUT2D eigenvalue weighted by molar-refractivity contribution is 7.12. The van der Waals surface area contributed by atoms with Crippen LogP contribution in [0, 0.1) is 0 Å². The van der Waals surface area contributed by atoms with Crippen molar-refractivity contribution >= 4 is 28.8 Å². The van der Waals surface area contributed by atoms with Crippen molar-refractivity contribution in [1.82, 2.24) is 5.32 Å². The van der Waals surface area contributed by atoms with Gasteiger partial charge in [0.05, 0.1) is 29.3 Å². The first-order valence-electron chi connectivity index (χ1n) is 10.6. The van der Waals surface area contributed by atoms with Crippen LogP contribution in [-0.4, -0.2) is 11.8 Å². The van der Waals surface area contributed by atoms with Crippen LogP contribution in [0.1, 0.15) is 36.7 Å². The van der Waals surface area contributed by atoms with E-state index < -0.39 is 0 Å². The number of benzene rings is 3. The second-order valence-electron chi connectivity index (χ2n) is 7.41. The molecule has 4 aromatic rings. The number of ether oxygens (including phenoxy) is 1. The molecule has 0 aliphatic carbocycles. The van der Waals surface area contributed by atoms with E-state index in [0.717, 1.165) is 16.7 Å². The van der Waals surface area contributed by atoms with Gasteiger partial charge in [-0.25, -0.2) is 0 Å². The van der Waals surface area contributed by atoms with Gasteiger partial charge in [0.15, 0.2) is 0 Å². The lowest BCUT2D eigenvalue weighted by atomic mass is 10.1. The molecule has 3 aromatic carbocycles. The molecule has 5 nitrogen and oxygen atoms in total. The van der Waals surface area contributed by atoms with E-state index in [0.29, 0.717) is 35.9 Å². The molecule has 1 heterocycles. The van der Waals surface area contributed by atoms with Crippen LogP contribution in [0.2, 0.25) is 0 Å². The number of carbonyl (C=O) groups is 2. The van der Waals surface area contributed by atoms with E-state index in [1.807, 2.05) is 66.0 Å². The maximum Gasteiger partial charge on any atom is 0.265 e. The SMILES string of the molecule is O=C(Nc1ccccc1C(=O)NCc1ccccc1COCc1ccccc1)c1cccs1. The third kappa shape index (κ3) is 6.16. The minimum absolute atomic E-state index is 0.230. The molecule has 0 aliphatic rings. The molecule has 1 aromatic heterocycles. The zero-order valence-corrected chi connectivity index (χ0v) is 18.8. The van der Waals surface area contributed by atoms with Gasteiger partial charge in [-0.2, -0.15) is 0 Å². The number of hydrogen-bond donors (Lipinski definition) is 2. The average molecular weight is 457 g/mol. The molecule has 2 N–H and O–H groups in total. The van der Waals surface area contributed by atoms with Gasteiger partial charge < -0.3 is 15.4 Å². The van der Waals surface area contributed by atoms with Gasteiger partial charge >= 0.3 is 0 Å². The molecule has 0 fully saturated rings. The number of nitrogens with one attached hydrogen (secondary N) is 2. The first-order chi connectivity index (χ1) is 16.2. The summed E-state index contributed by atoms with van der Waals surface area (Å²) in [7, 11) is 0. The smallest absolute Gasteiger partial charge is 0.265 e. The second-order valence-corrected chi connectivity index (χ2v) is 8.35. The summed E-state index contributed by atoms with van der Waals surface area (Å²) in [6, 6.07) is 28.5. The Hall–Kier alpha value is -3.74. The largest absolute Gasteiger partial charge is 0.372 e. The van der Waals surface area contributed by atoms with Crippen molar-refractivity contribution in [3.63, 3.8) is 0 Å². The lowest BCUT2D eigenvalue weighted by Crippen LogP contribution is -2.25. The number of carbonyl (C=O) groups excluding carboxylic acids is 2. The molecule has 4 rings (SSSR count). The predicted octanol–water partition coefficient (Wildman–Crippen LogP) is 5.65. The molecular weight excluding hydrogens is 432 g/mol. The van der Waals surface area contributed by atoms with E-state index >= 15 is 0 Å². The first kappa shape index (κ1) is 22.5. The second kappa shape index (κ2) is 11.2. The summed E-state index contributed by atoms with van der Waals surface area (Å²) in [6.45, 7) is 1.34. The van der Waals surface area contributed by atoms with Crippen LogP contribution in [0.4, 0.5) is 5.69 Å². The van der Waals surface area contributed by atoms with Gasteiger partial charge in [-0.15, -0.1) is 11.3 Å². The summed E-state index contributed by atoms with van der Waals surface area (Å²) in [5, 5.41) is 7.65. The van der Waals surface area contributed by atoms with Gasteiger partial charge in [-0.3, -0.25) is 9.59 Å². The van der Waals surface area contributed by atoms with E-state index in [4.69, 9.17) is 4.74 Å². The third-order valence-electron chi connectivity index (χ3n) is 5.09. The van der Waals surface area contributed by atoms with Crippen LogP contribution in [0.15, 0.2) is 96.4 Å². The average Bonchev–Trinajstić information content (AvgIpc) is 3.40. The Morgan fingerprint density at radius 3 is 2.24 bits per heavy atom. The van der Waals surface area contributed by atoms with Crippen molar-refractivity contribution in [3.05, 3.63) is 124 Å². The molecule has 2 amide bonds.